The lowest BCUT2D eigenvalue weighted by Crippen LogP contribution is -2.37. The van der Waals surface area contributed by atoms with Crippen LogP contribution < -0.4 is 30.5 Å². The zero-order valence-electron chi connectivity index (χ0n) is 20.7. The number of halogens is 1. The summed E-state index contributed by atoms with van der Waals surface area (Å²) in [5.74, 6) is 0.173. The summed E-state index contributed by atoms with van der Waals surface area (Å²) < 4.78 is 56.7. The minimum absolute atomic E-state index is 0.0121. The third-order valence-corrected chi connectivity index (χ3v) is 8.63. The van der Waals surface area contributed by atoms with Gasteiger partial charge in [0.1, 0.15) is 29.1 Å². The summed E-state index contributed by atoms with van der Waals surface area (Å²) in [6, 6.07) is 4.67. The number of rotatable bonds is 10. The predicted molar refractivity (Wildman–Crippen MR) is 135 cm³/mol. The Morgan fingerprint density at radius 3 is 2.79 bits per heavy atom. The molecule has 2 unspecified atom stereocenters. The van der Waals surface area contributed by atoms with Crippen molar-refractivity contribution in [2.45, 2.75) is 55.8 Å². The number of thioether (sulfide) groups is 1. The number of nitrogens with one attached hydrogen (secondary N) is 1. The van der Waals surface area contributed by atoms with Crippen molar-refractivity contribution >= 4 is 31.3 Å². The van der Waals surface area contributed by atoms with Crippen LogP contribution >= 0.6 is 19.5 Å². The quantitative estimate of drug-likeness (QED) is 0.278. The van der Waals surface area contributed by atoms with E-state index < -0.39 is 61.1 Å². The van der Waals surface area contributed by atoms with E-state index in [0.717, 1.165) is 16.3 Å². The summed E-state index contributed by atoms with van der Waals surface area (Å²) >= 11 is 0.896. The molecule has 0 radical (unpaired) electrons. The van der Waals surface area contributed by atoms with Gasteiger partial charge in [0, 0.05) is 12.3 Å². The van der Waals surface area contributed by atoms with Gasteiger partial charge in [-0.25, -0.2) is 13.8 Å². The number of esters is 1. The Hall–Kier alpha value is -2.84. The van der Waals surface area contributed by atoms with Crippen molar-refractivity contribution in [2.75, 3.05) is 19.1 Å². The Bertz CT molecular complexity index is 1280. The number of fused-ring (bicyclic) bond motifs is 1. The third kappa shape index (κ3) is 6.41. The van der Waals surface area contributed by atoms with Crippen molar-refractivity contribution in [1.82, 2.24) is 14.6 Å². The molecule has 3 heterocycles. The molecule has 1 saturated heterocycles. The van der Waals surface area contributed by atoms with Gasteiger partial charge < -0.3 is 29.6 Å². The van der Waals surface area contributed by atoms with Crippen molar-refractivity contribution in [3.05, 3.63) is 40.9 Å². The molecule has 0 saturated carbocycles. The van der Waals surface area contributed by atoms with E-state index in [0.29, 0.717) is 11.5 Å². The number of nitrogen functional groups attached to an aromatic ring is 1. The van der Waals surface area contributed by atoms with Gasteiger partial charge in [0.25, 0.3) is 0 Å². The van der Waals surface area contributed by atoms with Crippen molar-refractivity contribution in [3.63, 3.8) is 0 Å². The summed E-state index contributed by atoms with van der Waals surface area (Å²) in [6.45, 7) is 4.29. The minimum atomic E-state index is -4.32. The van der Waals surface area contributed by atoms with E-state index in [1.807, 2.05) is 0 Å². The van der Waals surface area contributed by atoms with Crippen LogP contribution in [-0.2, 0) is 18.6 Å². The molecule has 2 aromatic rings. The molecule has 1 fully saturated rings. The van der Waals surface area contributed by atoms with Crippen LogP contribution in [0.4, 0.5) is 10.2 Å². The second-order valence-electron chi connectivity index (χ2n) is 8.78. The molecule has 0 aliphatic carbocycles. The molecule has 38 heavy (non-hydrogen) atoms. The molecule has 2 aliphatic heterocycles. The van der Waals surface area contributed by atoms with Crippen molar-refractivity contribution in [1.29, 1.82) is 0 Å². The van der Waals surface area contributed by atoms with Gasteiger partial charge in [-0.15, -0.1) is 11.8 Å². The molecule has 4 rings (SSSR count). The van der Waals surface area contributed by atoms with Crippen LogP contribution in [0, 0.1) is 0 Å². The highest BCUT2D eigenvalue weighted by molar-refractivity contribution is 8.00. The molecule has 13 nitrogen and oxygen atoms in total. The first-order valence-corrected chi connectivity index (χ1v) is 14.1. The average molecular weight is 575 g/mol. The molecule has 208 valence electrons. The highest BCUT2D eigenvalue weighted by atomic mass is 32.2. The van der Waals surface area contributed by atoms with Crippen molar-refractivity contribution in [2.24, 2.45) is 0 Å². The Labute approximate surface area is 221 Å². The topological polar surface area (TPSA) is 173 Å². The molecule has 1 aromatic heterocycles. The summed E-state index contributed by atoms with van der Waals surface area (Å²) in [5.41, 5.74) is 4.72. The number of benzene rings is 1. The molecule has 2 aliphatic rings. The third-order valence-electron chi connectivity index (χ3n) is 5.46. The Balaban J connectivity index is 1.51. The van der Waals surface area contributed by atoms with Crippen LogP contribution in [0.2, 0.25) is 0 Å². The molecule has 0 spiro atoms. The number of nitrogens with two attached hydrogens (primary N) is 1. The molecular formula is C22H28FN4O9PS. The number of aliphatic hydroxyl groups excluding tert-OH is 1. The molecule has 0 bridgehead atoms. The number of carbonyl (C=O) groups is 1. The first kappa shape index (κ1) is 28.2. The first-order chi connectivity index (χ1) is 18.0. The van der Waals surface area contributed by atoms with Gasteiger partial charge in [-0.2, -0.15) is 10.1 Å². The molecule has 16 heteroatoms. The van der Waals surface area contributed by atoms with Crippen LogP contribution in [0.3, 0.4) is 0 Å². The Morgan fingerprint density at radius 2 is 2.08 bits per heavy atom. The van der Waals surface area contributed by atoms with E-state index in [-0.39, 0.29) is 18.4 Å². The van der Waals surface area contributed by atoms with Gasteiger partial charge in [-0.05, 0) is 39.0 Å². The number of aliphatic hydroxyl groups is 1. The minimum Gasteiger partial charge on any atom is -0.462 e. The fourth-order valence-corrected chi connectivity index (χ4v) is 6.67. The number of carbonyl (C=O) groups excluding carboxylic acids is 1. The number of ether oxygens (including phenoxy) is 3. The number of hydrogen-bond acceptors (Lipinski definition) is 12. The summed E-state index contributed by atoms with van der Waals surface area (Å²) in [7, 11) is -4.32. The lowest BCUT2D eigenvalue weighted by atomic mass is 10.1. The summed E-state index contributed by atoms with van der Waals surface area (Å²) in [4.78, 5) is 28.1. The number of anilines is 1. The van der Waals surface area contributed by atoms with Gasteiger partial charge >= 0.3 is 19.4 Å². The maximum atomic E-state index is 15.0. The Morgan fingerprint density at radius 1 is 1.34 bits per heavy atom. The van der Waals surface area contributed by atoms with E-state index in [4.69, 9.17) is 29.0 Å². The fraction of sp³-hybridized carbons (Fsp3) is 0.500. The second-order valence-corrected chi connectivity index (χ2v) is 11.8. The molecule has 0 amide bonds. The SMILES string of the molecule is CC(C)OC(=O)[C@H](C)NP(=O)(OCC1S[C@@H](n2ccc(N)nc2=O)[C@@H](F)[C@@H]1O)Oc1ccc2c(c1)OCO2. The maximum absolute atomic E-state index is 15.0. The Kier molecular flexibility index (Phi) is 8.52. The highest BCUT2D eigenvalue weighted by Gasteiger charge is 2.46. The molecule has 1 aromatic carbocycles. The zero-order valence-corrected chi connectivity index (χ0v) is 22.4. The fourth-order valence-electron chi connectivity index (χ4n) is 3.64. The van der Waals surface area contributed by atoms with Gasteiger partial charge in [-0.3, -0.25) is 13.9 Å². The van der Waals surface area contributed by atoms with Crippen LogP contribution in [-0.4, -0.2) is 63.7 Å². The number of alkyl halides is 1. The van der Waals surface area contributed by atoms with E-state index in [2.05, 4.69) is 10.1 Å². The lowest BCUT2D eigenvalue weighted by molar-refractivity contribution is -0.149. The molecular weight excluding hydrogens is 546 g/mol. The average Bonchev–Trinajstić information content (AvgIpc) is 3.42. The van der Waals surface area contributed by atoms with Gasteiger partial charge in [-0.1, -0.05) is 0 Å². The zero-order chi connectivity index (χ0) is 27.6. The standard InChI is InChI=1S/C22H28FN4O9PS/c1-11(2)35-21(29)12(3)26-37(31,36-13-4-5-14-15(8-13)33-10-32-14)34-9-16-19(28)18(23)20(38-16)27-7-6-17(24)25-22(27)30/h4-8,11-12,16,18-20,28H,9-10H2,1-3H3,(H,26,31)(H2,24,25,30)/t12-,16?,18-,19+,20+,37?/m0/s1. The molecule has 6 atom stereocenters. The van der Waals surface area contributed by atoms with Crippen LogP contribution in [0.5, 0.6) is 17.2 Å². The smallest absolute Gasteiger partial charge is 0.459 e. The first-order valence-electron chi connectivity index (χ1n) is 11.6. The predicted octanol–water partition coefficient (Wildman–Crippen LogP) is 2.00. The van der Waals surface area contributed by atoms with Crippen molar-refractivity contribution in [3.8, 4) is 17.2 Å². The normalized spacial score (nSPS) is 24.7. The monoisotopic (exact) mass is 574 g/mol. The van der Waals surface area contributed by atoms with Crippen LogP contribution in [0.15, 0.2) is 35.3 Å². The summed E-state index contributed by atoms with van der Waals surface area (Å²) in [5, 5.41) is 11.0. The van der Waals surface area contributed by atoms with E-state index in [9.17, 15) is 23.7 Å². The molecule has 4 N–H and O–H groups in total. The van der Waals surface area contributed by atoms with Gasteiger partial charge in [0.15, 0.2) is 17.7 Å². The van der Waals surface area contributed by atoms with Crippen molar-refractivity contribution < 1.29 is 42.1 Å². The number of hydrogen-bond donors (Lipinski definition) is 3. The second kappa shape index (κ2) is 11.5. The lowest BCUT2D eigenvalue weighted by Gasteiger charge is -2.25. The van der Waals surface area contributed by atoms with Gasteiger partial charge in [0.2, 0.25) is 6.79 Å². The summed E-state index contributed by atoms with van der Waals surface area (Å²) in [6.07, 6.45) is -2.57. The maximum Gasteiger partial charge on any atom is 0.459 e. The largest absolute Gasteiger partial charge is 0.462 e. The number of nitrogens with zero attached hydrogens (tertiary/aromatic N) is 2. The van der Waals surface area contributed by atoms with Gasteiger partial charge in [0.05, 0.1) is 18.0 Å². The highest BCUT2D eigenvalue weighted by Crippen LogP contribution is 2.50. The van der Waals surface area contributed by atoms with Crippen LogP contribution in [0.25, 0.3) is 0 Å². The van der Waals surface area contributed by atoms with E-state index in [1.54, 1.807) is 19.9 Å². The van der Waals surface area contributed by atoms with E-state index in [1.165, 1.54) is 31.3 Å². The van der Waals surface area contributed by atoms with E-state index >= 15 is 0 Å². The number of aromatic nitrogens is 2. The van der Waals surface area contributed by atoms with Crippen LogP contribution in [0.1, 0.15) is 26.1 Å².